The average molecular weight is 269 g/mol. The van der Waals surface area contributed by atoms with Crippen LogP contribution in [0.1, 0.15) is 65.7 Å². The number of carbonyl (C=O) groups excluding carboxylic acids is 1. The first kappa shape index (κ1) is 16.5. The molecule has 19 heavy (non-hydrogen) atoms. The summed E-state index contributed by atoms with van der Waals surface area (Å²) in [4.78, 5) is 11.9. The minimum atomic E-state index is -0.0323. The van der Waals surface area contributed by atoms with Crippen molar-refractivity contribution in [2.75, 3.05) is 13.7 Å². The second-order valence-electron chi connectivity index (χ2n) is 6.99. The first-order valence-electron chi connectivity index (χ1n) is 7.75. The van der Waals surface area contributed by atoms with Crippen molar-refractivity contribution in [3.63, 3.8) is 0 Å². The Balaban J connectivity index is 2.53. The fraction of sp³-hybridized carbons (Fsp3) is 0.938. The Hall–Kier alpha value is -0.570. The summed E-state index contributed by atoms with van der Waals surface area (Å²) in [5, 5.41) is 3.61. The molecule has 1 fully saturated rings. The molecule has 0 aromatic carbocycles. The van der Waals surface area contributed by atoms with Crippen molar-refractivity contribution in [2.24, 2.45) is 11.3 Å². The summed E-state index contributed by atoms with van der Waals surface area (Å²) in [6.07, 6.45) is 8.13. The molecule has 1 saturated carbocycles. The van der Waals surface area contributed by atoms with Crippen LogP contribution in [0.15, 0.2) is 0 Å². The van der Waals surface area contributed by atoms with Crippen LogP contribution in [0, 0.1) is 11.3 Å². The van der Waals surface area contributed by atoms with E-state index in [1.807, 2.05) is 0 Å². The highest BCUT2D eigenvalue weighted by Crippen LogP contribution is 2.25. The third-order valence-corrected chi connectivity index (χ3v) is 4.05. The number of esters is 1. The molecule has 0 bridgehead atoms. The number of hydrogen-bond donors (Lipinski definition) is 1. The Morgan fingerprint density at radius 1 is 1.16 bits per heavy atom. The highest BCUT2D eigenvalue weighted by atomic mass is 16.5. The van der Waals surface area contributed by atoms with Crippen LogP contribution in [0.4, 0.5) is 0 Å². The molecule has 1 N–H and O–H groups in total. The standard InChI is InChI=1S/C16H31NO2/c1-16(2,3)11-12-17-14-10-8-6-5-7-9-13(14)15(18)19-4/h13-14,17H,5-12H2,1-4H3. The molecule has 1 rings (SSSR count). The van der Waals surface area contributed by atoms with E-state index in [0.717, 1.165) is 32.2 Å². The van der Waals surface area contributed by atoms with Gasteiger partial charge in [0.15, 0.2) is 0 Å². The lowest BCUT2D eigenvalue weighted by atomic mass is 9.86. The van der Waals surface area contributed by atoms with Gasteiger partial charge in [0.25, 0.3) is 0 Å². The predicted molar refractivity (Wildman–Crippen MR) is 79.1 cm³/mol. The van der Waals surface area contributed by atoms with Crippen molar-refractivity contribution >= 4 is 5.97 Å². The van der Waals surface area contributed by atoms with Gasteiger partial charge in [-0.3, -0.25) is 4.79 Å². The number of methoxy groups -OCH3 is 1. The zero-order valence-corrected chi connectivity index (χ0v) is 13.1. The summed E-state index contributed by atoms with van der Waals surface area (Å²) in [6.45, 7) is 7.75. The Morgan fingerprint density at radius 2 is 1.79 bits per heavy atom. The lowest BCUT2D eigenvalue weighted by Gasteiger charge is -2.29. The van der Waals surface area contributed by atoms with Gasteiger partial charge >= 0.3 is 5.97 Å². The first-order chi connectivity index (χ1) is 8.94. The van der Waals surface area contributed by atoms with Gasteiger partial charge in [-0.15, -0.1) is 0 Å². The van der Waals surface area contributed by atoms with E-state index in [0.29, 0.717) is 11.5 Å². The summed E-state index contributed by atoms with van der Waals surface area (Å²) in [5.74, 6) is 0.0143. The highest BCUT2D eigenvalue weighted by molar-refractivity contribution is 5.73. The van der Waals surface area contributed by atoms with Crippen molar-refractivity contribution in [1.82, 2.24) is 5.32 Å². The van der Waals surface area contributed by atoms with E-state index in [4.69, 9.17) is 4.74 Å². The van der Waals surface area contributed by atoms with Crippen LogP contribution in [0.2, 0.25) is 0 Å². The van der Waals surface area contributed by atoms with Crippen LogP contribution >= 0.6 is 0 Å². The minimum absolute atomic E-state index is 0.0323. The molecule has 112 valence electrons. The van der Waals surface area contributed by atoms with E-state index in [2.05, 4.69) is 26.1 Å². The molecule has 0 spiro atoms. The SMILES string of the molecule is COC(=O)C1CCCCCCC1NCCC(C)(C)C. The maximum Gasteiger partial charge on any atom is 0.310 e. The molecule has 1 aliphatic rings. The van der Waals surface area contributed by atoms with Crippen molar-refractivity contribution in [1.29, 1.82) is 0 Å². The van der Waals surface area contributed by atoms with E-state index in [-0.39, 0.29) is 11.9 Å². The molecule has 0 amide bonds. The van der Waals surface area contributed by atoms with Crippen molar-refractivity contribution in [3.05, 3.63) is 0 Å². The number of nitrogens with one attached hydrogen (secondary N) is 1. The molecule has 3 nitrogen and oxygen atoms in total. The van der Waals surface area contributed by atoms with E-state index in [9.17, 15) is 4.79 Å². The van der Waals surface area contributed by atoms with Crippen molar-refractivity contribution in [2.45, 2.75) is 71.8 Å². The van der Waals surface area contributed by atoms with E-state index in [1.165, 1.54) is 26.4 Å². The molecule has 2 unspecified atom stereocenters. The van der Waals surface area contributed by atoms with Gasteiger partial charge in [0.2, 0.25) is 0 Å². The summed E-state index contributed by atoms with van der Waals surface area (Å²) in [6, 6.07) is 0.301. The predicted octanol–water partition coefficient (Wildman–Crippen LogP) is 3.52. The van der Waals surface area contributed by atoms with Crippen LogP contribution in [0.5, 0.6) is 0 Å². The minimum Gasteiger partial charge on any atom is -0.469 e. The number of carbonyl (C=O) groups is 1. The summed E-state index contributed by atoms with van der Waals surface area (Å²) in [7, 11) is 1.51. The lowest BCUT2D eigenvalue weighted by Crippen LogP contribution is -2.42. The van der Waals surface area contributed by atoms with Crippen LogP contribution < -0.4 is 5.32 Å². The Labute approximate surface area is 118 Å². The summed E-state index contributed by atoms with van der Waals surface area (Å²) >= 11 is 0. The molecule has 0 saturated heterocycles. The molecule has 0 aliphatic heterocycles. The zero-order valence-electron chi connectivity index (χ0n) is 13.1. The second-order valence-corrected chi connectivity index (χ2v) is 6.99. The summed E-state index contributed by atoms with van der Waals surface area (Å²) in [5.41, 5.74) is 0.343. The number of ether oxygens (including phenoxy) is 1. The van der Waals surface area contributed by atoms with Gasteiger partial charge < -0.3 is 10.1 Å². The fourth-order valence-electron chi connectivity index (χ4n) is 2.79. The van der Waals surface area contributed by atoms with E-state index < -0.39 is 0 Å². The van der Waals surface area contributed by atoms with Crippen molar-refractivity contribution in [3.8, 4) is 0 Å². The van der Waals surface area contributed by atoms with Crippen LogP contribution in [0.25, 0.3) is 0 Å². The maximum atomic E-state index is 11.9. The molecule has 0 heterocycles. The van der Waals surface area contributed by atoms with Crippen molar-refractivity contribution < 1.29 is 9.53 Å². The third kappa shape index (κ3) is 6.42. The van der Waals surface area contributed by atoms with Gasteiger partial charge in [0, 0.05) is 6.04 Å². The molecule has 3 heteroatoms. The molecule has 2 atom stereocenters. The Kier molecular flexibility index (Phi) is 6.84. The van der Waals surface area contributed by atoms with Gasteiger partial charge in [0.1, 0.15) is 0 Å². The Bertz CT molecular complexity index is 270. The first-order valence-corrected chi connectivity index (χ1v) is 7.75. The quantitative estimate of drug-likeness (QED) is 0.794. The van der Waals surface area contributed by atoms with E-state index >= 15 is 0 Å². The molecule has 0 radical (unpaired) electrons. The van der Waals surface area contributed by atoms with Gasteiger partial charge in [0.05, 0.1) is 13.0 Å². The average Bonchev–Trinajstić information content (AvgIpc) is 2.30. The smallest absolute Gasteiger partial charge is 0.310 e. The topological polar surface area (TPSA) is 38.3 Å². The van der Waals surface area contributed by atoms with Gasteiger partial charge in [-0.25, -0.2) is 0 Å². The third-order valence-electron chi connectivity index (χ3n) is 4.05. The second kappa shape index (κ2) is 7.88. The van der Waals surface area contributed by atoms with Crippen LogP contribution in [-0.2, 0) is 9.53 Å². The van der Waals surface area contributed by atoms with Crippen LogP contribution in [-0.4, -0.2) is 25.7 Å². The van der Waals surface area contributed by atoms with Gasteiger partial charge in [-0.05, 0) is 31.2 Å². The Morgan fingerprint density at radius 3 is 2.37 bits per heavy atom. The molecular weight excluding hydrogens is 238 g/mol. The number of rotatable bonds is 4. The maximum absolute atomic E-state index is 11.9. The highest BCUT2D eigenvalue weighted by Gasteiger charge is 2.29. The van der Waals surface area contributed by atoms with E-state index in [1.54, 1.807) is 0 Å². The largest absolute Gasteiger partial charge is 0.469 e. The zero-order chi connectivity index (χ0) is 14.3. The molecule has 1 aliphatic carbocycles. The molecular formula is C16H31NO2. The normalized spacial score (nSPS) is 25.5. The summed E-state index contributed by atoms with van der Waals surface area (Å²) < 4.78 is 4.98. The fourth-order valence-corrected chi connectivity index (χ4v) is 2.79. The molecule has 0 aromatic rings. The number of hydrogen-bond acceptors (Lipinski definition) is 3. The van der Waals surface area contributed by atoms with Gasteiger partial charge in [-0.1, -0.05) is 46.5 Å². The monoisotopic (exact) mass is 269 g/mol. The van der Waals surface area contributed by atoms with Gasteiger partial charge in [-0.2, -0.15) is 0 Å². The van der Waals surface area contributed by atoms with Crippen LogP contribution in [0.3, 0.4) is 0 Å². The lowest BCUT2D eigenvalue weighted by molar-refractivity contribution is -0.147. The molecule has 0 aromatic heterocycles.